The van der Waals surface area contributed by atoms with Gasteiger partial charge in [-0.25, -0.2) is 0 Å². The molecule has 0 aliphatic carbocycles. The summed E-state index contributed by atoms with van der Waals surface area (Å²) in [6.45, 7) is 3.11. The van der Waals surface area contributed by atoms with E-state index in [0.29, 0.717) is 50.5 Å². The second-order valence-electron chi connectivity index (χ2n) is 18.8. The molecule has 2 N–H and O–H groups in total. The van der Waals surface area contributed by atoms with Crippen molar-refractivity contribution in [2.75, 3.05) is 49.3 Å². The van der Waals surface area contributed by atoms with Gasteiger partial charge in [0.2, 0.25) is 0 Å². The van der Waals surface area contributed by atoms with Gasteiger partial charge in [-0.05, 0) is 96.8 Å². The number of alkyl halides is 14. The van der Waals surface area contributed by atoms with E-state index in [1.807, 2.05) is 4.90 Å². The zero-order valence-corrected chi connectivity index (χ0v) is 42.3. The van der Waals surface area contributed by atoms with Crippen LogP contribution in [0.2, 0.25) is 0 Å². The van der Waals surface area contributed by atoms with E-state index in [9.17, 15) is 71.7 Å². The summed E-state index contributed by atoms with van der Waals surface area (Å²) in [7, 11) is 0. The van der Waals surface area contributed by atoms with Crippen molar-refractivity contribution in [3.8, 4) is 56.8 Å². The monoisotopic (exact) mass is 1190 g/mol. The fraction of sp³-hybridized carbons (Fsp3) is 0.368. The highest BCUT2D eigenvalue weighted by Gasteiger charge is 2.46. The Morgan fingerprint density at radius 3 is 1.34 bits per heavy atom. The zero-order valence-electron chi connectivity index (χ0n) is 42.3. The molecule has 0 radical (unpaired) electrons. The Balaban J connectivity index is 0.000000261. The van der Waals surface area contributed by atoms with Crippen LogP contribution in [0.15, 0.2) is 133 Å². The molecule has 0 bridgehead atoms. The molecule has 1 fully saturated rings. The number of anilines is 2. The first-order valence-electron chi connectivity index (χ1n) is 24.4. The normalized spacial score (nSPS) is 18.0. The maximum absolute atomic E-state index is 13.6. The van der Waals surface area contributed by atoms with Crippen molar-refractivity contribution in [1.82, 2.24) is 0 Å². The van der Waals surface area contributed by atoms with E-state index < -0.39 is 97.5 Å². The number of para-hydroxylation sites is 2. The Morgan fingerprint density at radius 2 is 0.940 bits per heavy atom. The Hall–Kier alpha value is -7.42. The Labute approximate surface area is 467 Å². The molecule has 3 aliphatic heterocycles. The number of hydrogen-bond donors (Lipinski definition) is 2. The molecule has 0 saturated carbocycles. The van der Waals surface area contributed by atoms with E-state index in [-0.39, 0.29) is 53.5 Å². The summed E-state index contributed by atoms with van der Waals surface area (Å²) in [4.78, 5) is 3.52. The lowest BCUT2D eigenvalue weighted by molar-refractivity contribution is -0.275. The van der Waals surface area contributed by atoms with Gasteiger partial charge in [0, 0.05) is 24.2 Å². The van der Waals surface area contributed by atoms with Gasteiger partial charge in [-0.1, -0.05) is 87.6 Å². The first-order valence-corrected chi connectivity index (χ1v) is 24.4. The van der Waals surface area contributed by atoms with Gasteiger partial charge in [0.05, 0.1) is 42.8 Å². The molecule has 0 amide bonds. The van der Waals surface area contributed by atoms with E-state index in [1.165, 1.54) is 54.6 Å². The average Bonchev–Trinajstić information content (AvgIpc) is 2.30. The van der Waals surface area contributed by atoms with Crippen LogP contribution in [-0.2, 0) is 9.47 Å². The van der Waals surface area contributed by atoms with Gasteiger partial charge < -0.3 is 57.9 Å². The van der Waals surface area contributed by atoms with Gasteiger partial charge in [0.25, 0.3) is 0 Å². The molecule has 6 aromatic rings. The number of nitrogens with zero attached hydrogens (tertiary/aromatic N) is 2. The van der Waals surface area contributed by atoms with Crippen LogP contribution in [-0.4, -0.2) is 106 Å². The topological polar surface area (TPSA) is 121 Å². The third kappa shape index (κ3) is 16.2. The second kappa shape index (κ2) is 26.0. The minimum atomic E-state index is -4.90. The van der Waals surface area contributed by atoms with E-state index >= 15 is 0 Å². The minimum Gasteiger partial charge on any atom is -0.488 e. The van der Waals surface area contributed by atoms with Crippen LogP contribution in [0.3, 0.4) is 0 Å². The molecule has 26 heteroatoms. The molecule has 3 aliphatic rings. The van der Waals surface area contributed by atoms with Crippen molar-refractivity contribution in [3.05, 3.63) is 145 Å². The molecule has 0 unspecified atom stereocenters. The minimum absolute atomic E-state index is 0. The van der Waals surface area contributed by atoms with Gasteiger partial charge in [0.15, 0.2) is 17.3 Å². The van der Waals surface area contributed by atoms with Gasteiger partial charge >= 0.3 is 37.8 Å². The van der Waals surface area contributed by atoms with Crippen molar-refractivity contribution in [1.29, 1.82) is 0 Å². The third-order valence-corrected chi connectivity index (χ3v) is 12.5. The van der Waals surface area contributed by atoms with Crippen LogP contribution in [0.1, 0.15) is 51.9 Å². The number of fused-ring (bicyclic) bond motifs is 2. The van der Waals surface area contributed by atoms with Gasteiger partial charge in [-0.3, -0.25) is 0 Å². The third-order valence-electron chi connectivity index (χ3n) is 12.5. The maximum atomic E-state index is 13.6. The number of halogens is 14. The first kappa shape index (κ1) is 64.7. The maximum Gasteiger partial charge on any atom is 0.573 e. The average molecular weight is 1200 g/mol. The number of hydrogen-bond acceptors (Lipinski definition) is 12. The van der Waals surface area contributed by atoms with Crippen LogP contribution in [0.25, 0.3) is 22.3 Å². The smallest absolute Gasteiger partial charge is 0.488 e. The summed E-state index contributed by atoms with van der Waals surface area (Å²) >= 11 is 0. The van der Waals surface area contributed by atoms with Crippen LogP contribution >= 0.6 is 0 Å². The van der Waals surface area contributed by atoms with Gasteiger partial charge in [0.1, 0.15) is 42.3 Å². The number of rotatable bonds is 17. The molecule has 4 atom stereocenters. The largest absolute Gasteiger partial charge is 0.573 e. The van der Waals surface area contributed by atoms with Crippen LogP contribution in [0.5, 0.6) is 34.5 Å². The lowest BCUT2D eigenvalue weighted by atomic mass is 9.98. The highest BCUT2D eigenvalue weighted by atomic mass is 19.4. The Morgan fingerprint density at radius 1 is 0.542 bits per heavy atom. The highest BCUT2D eigenvalue weighted by molar-refractivity contribution is 5.82. The molecule has 3 heterocycles. The standard InChI is InChI=1S/C29H26F7NO5.C26H22F7NO5.2CH4/c1-27(2)39-15-21(40-27)14-37-23-11-5-10-22(17-6-3-9-20(12-17)42-29(34,35)36)25(23)38-16-24(37)18-7-4-8-19(13-18)41-28(32,33)26(30)31;27-24(28)25(29,30)38-18-6-2-5-16(11-18)22-14-37-23-20(8-3-9-21(23)34(22)12-17(36)13-35)15-4-1-7-19(10-15)39-26(31,32)33;;/h3-13,21,24,26H,14-16H2,1-2H3;1-11,17,22,24,35-36H,12-14H2;2*1H4/t21-,24+;17-,22+;;/m00../s1. The highest BCUT2D eigenvalue weighted by Crippen LogP contribution is 2.49. The van der Waals surface area contributed by atoms with Crippen molar-refractivity contribution >= 4 is 11.4 Å². The summed E-state index contributed by atoms with van der Waals surface area (Å²) in [6, 6.07) is 29.7. The second-order valence-corrected chi connectivity index (χ2v) is 18.8. The molecular weight excluding hydrogens is 1140 g/mol. The SMILES string of the molecule is C.C.CC1(C)OC[C@H](CN2c3cccc(-c4cccc(OC(F)(F)F)c4)c3OC[C@@H]2c2cccc(OC(F)(F)C(F)F)c2)O1.OC[C@@H](O)CN1c2cccc(-c3cccc(OC(F)(F)F)c3)c2OC[C@@H]1c1cccc(OC(F)(F)C(F)F)c1. The van der Waals surface area contributed by atoms with Crippen LogP contribution < -0.4 is 38.2 Å². The molecule has 6 aromatic carbocycles. The van der Waals surface area contributed by atoms with E-state index in [1.54, 1.807) is 73.3 Å². The lowest BCUT2D eigenvalue weighted by Gasteiger charge is -2.40. The number of ether oxygens (including phenoxy) is 8. The zero-order chi connectivity index (χ0) is 58.7. The molecule has 83 heavy (non-hydrogen) atoms. The summed E-state index contributed by atoms with van der Waals surface area (Å²) in [6.07, 6.45) is -28.9. The van der Waals surface area contributed by atoms with Gasteiger partial charge in [-0.15, -0.1) is 26.3 Å². The van der Waals surface area contributed by atoms with Crippen LogP contribution in [0, 0.1) is 0 Å². The Bertz CT molecular complexity index is 3110. The van der Waals surface area contributed by atoms with E-state index in [2.05, 4.69) is 18.9 Å². The molecule has 9 rings (SSSR count). The van der Waals surface area contributed by atoms with E-state index in [4.69, 9.17) is 18.9 Å². The van der Waals surface area contributed by atoms with E-state index in [0.717, 1.165) is 24.3 Å². The summed E-state index contributed by atoms with van der Waals surface area (Å²) in [5, 5.41) is 19.7. The Kier molecular flexibility index (Phi) is 20.3. The molecule has 0 aromatic heterocycles. The fourth-order valence-corrected chi connectivity index (χ4v) is 9.16. The molecular formula is C57H56F14N2O10. The molecule has 1 saturated heterocycles. The lowest BCUT2D eigenvalue weighted by Crippen LogP contribution is -2.42. The van der Waals surface area contributed by atoms with Gasteiger partial charge in [-0.2, -0.15) is 35.1 Å². The molecule has 452 valence electrons. The summed E-state index contributed by atoms with van der Waals surface area (Å²) < 4.78 is 222. The fourth-order valence-electron chi connectivity index (χ4n) is 9.16. The number of benzene rings is 6. The van der Waals surface area contributed by atoms with Crippen molar-refractivity contribution < 1.29 is 110 Å². The summed E-state index contributed by atoms with van der Waals surface area (Å²) in [5.41, 5.74) is 3.30. The predicted octanol–water partition coefficient (Wildman–Crippen LogP) is 14.6. The van der Waals surface area contributed by atoms with Crippen molar-refractivity contribution in [2.24, 2.45) is 0 Å². The number of aliphatic hydroxyl groups is 2. The number of aliphatic hydroxyl groups excluding tert-OH is 2. The van der Waals surface area contributed by atoms with Crippen LogP contribution in [0.4, 0.5) is 72.8 Å². The molecule has 0 spiro atoms. The number of β-amino-alcohol motifs (C(OH)–C–C–N with tert-alkyl or cyclic N) is 1. The van der Waals surface area contributed by atoms with Crippen molar-refractivity contribution in [2.45, 2.75) is 96.6 Å². The quantitative estimate of drug-likeness (QED) is 0.0846. The summed E-state index contributed by atoms with van der Waals surface area (Å²) in [5.74, 6) is -2.06. The van der Waals surface area contributed by atoms with Crippen molar-refractivity contribution in [3.63, 3.8) is 0 Å². The molecule has 12 nitrogen and oxygen atoms in total. The first-order chi connectivity index (χ1) is 38.1. The predicted molar refractivity (Wildman–Crippen MR) is 276 cm³/mol.